The van der Waals surface area contributed by atoms with Crippen molar-refractivity contribution in [2.75, 3.05) is 23.8 Å². The van der Waals surface area contributed by atoms with Crippen LogP contribution in [0.25, 0.3) is 11.0 Å². The molecule has 1 aliphatic rings. The van der Waals surface area contributed by atoms with Gasteiger partial charge in [0.05, 0.1) is 29.1 Å². The first kappa shape index (κ1) is 31.3. The standard InChI is InChI=1S/C35H39N3O5S/c1-2-43-34(42)27-18-20-28(21-19-27)37(33(41)32(25-12-5-3-6-13-25)26-14-7-4-8-15-26)22-11-23-44-35-36-29-16-9-10-17-30(29)38(35)24-31(39)40/h3,5-6,9-10,12-13,16-21,26,32H,2,4,7-8,11,14-15,22-24H2,1H3,(H,39,40). The third kappa shape index (κ3) is 7.50. The summed E-state index contributed by atoms with van der Waals surface area (Å²) in [5.41, 5.74) is 3.77. The molecular weight excluding hydrogens is 574 g/mol. The number of anilines is 1. The minimum absolute atomic E-state index is 0.0649. The number of benzene rings is 3. The van der Waals surface area contributed by atoms with Gasteiger partial charge >= 0.3 is 11.9 Å². The second kappa shape index (κ2) is 15.1. The summed E-state index contributed by atoms with van der Waals surface area (Å²) in [4.78, 5) is 45.0. The molecule has 1 aromatic heterocycles. The lowest BCUT2D eigenvalue weighted by atomic mass is 9.76. The lowest BCUT2D eigenvalue weighted by Gasteiger charge is -2.34. The van der Waals surface area contributed by atoms with Gasteiger partial charge in [-0.3, -0.25) is 9.59 Å². The summed E-state index contributed by atoms with van der Waals surface area (Å²) < 4.78 is 6.89. The van der Waals surface area contributed by atoms with E-state index in [0.29, 0.717) is 36.0 Å². The van der Waals surface area contributed by atoms with Crippen molar-refractivity contribution < 1.29 is 24.2 Å². The van der Waals surface area contributed by atoms with Crippen LogP contribution in [0.5, 0.6) is 0 Å². The van der Waals surface area contributed by atoms with Crippen LogP contribution in [0.2, 0.25) is 0 Å². The summed E-state index contributed by atoms with van der Waals surface area (Å²) in [6, 6.07) is 24.7. The number of hydrogen-bond donors (Lipinski definition) is 1. The number of ether oxygens (including phenoxy) is 1. The van der Waals surface area contributed by atoms with Crippen molar-refractivity contribution >= 4 is 46.3 Å². The van der Waals surface area contributed by atoms with Gasteiger partial charge in [-0.05, 0) is 74.1 Å². The SMILES string of the molecule is CCOC(=O)c1ccc(N(CCCSc2nc3ccccc3n2CC(=O)O)C(=O)C(c2ccccc2)C2CCCCC2)cc1. The van der Waals surface area contributed by atoms with E-state index in [4.69, 9.17) is 4.74 Å². The molecule has 3 aromatic carbocycles. The molecule has 8 nitrogen and oxygen atoms in total. The smallest absolute Gasteiger partial charge is 0.338 e. The summed E-state index contributed by atoms with van der Waals surface area (Å²) in [6.45, 7) is 2.37. The van der Waals surface area contributed by atoms with E-state index in [9.17, 15) is 19.5 Å². The number of aromatic nitrogens is 2. The molecular formula is C35H39N3O5S. The van der Waals surface area contributed by atoms with E-state index in [0.717, 1.165) is 48.0 Å². The van der Waals surface area contributed by atoms with Crippen molar-refractivity contribution in [1.29, 1.82) is 0 Å². The van der Waals surface area contributed by atoms with Crippen LogP contribution in [0.4, 0.5) is 5.69 Å². The number of thioether (sulfide) groups is 1. The van der Waals surface area contributed by atoms with Crippen LogP contribution in [-0.2, 0) is 20.9 Å². The fraction of sp³-hybridized carbons (Fsp3) is 0.371. The van der Waals surface area contributed by atoms with Crippen LogP contribution in [0.1, 0.15) is 67.3 Å². The normalized spacial score (nSPS) is 14.3. The Kier molecular flexibility index (Phi) is 10.7. The number of para-hydroxylation sites is 2. The molecule has 1 N–H and O–H groups in total. The highest BCUT2D eigenvalue weighted by Crippen LogP contribution is 2.38. The molecule has 230 valence electrons. The number of rotatable bonds is 13. The van der Waals surface area contributed by atoms with Gasteiger partial charge in [-0.25, -0.2) is 9.78 Å². The maximum absolute atomic E-state index is 14.6. The molecule has 0 bridgehead atoms. The highest BCUT2D eigenvalue weighted by Gasteiger charge is 2.34. The number of carboxylic acid groups (broad SMARTS) is 1. The summed E-state index contributed by atoms with van der Waals surface area (Å²) >= 11 is 1.50. The van der Waals surface area contributed by atoms with Gasteiger partial charge < -0.3 is 19.3 Å². The number of nitrogens with zero attached hydrogens (tertiary/aromatic N) is 3. The number of imidazole rings is 1. The molecule has 9 heteroatoms. The molecule has 1 amide bonds. The Hall–Kier alpha value is -4.11. The molecule has 1 unspecified atom stereocenters. The molecule has 5 rings (SSSR count). The van der Waals surface area contributed by atoms with Gasteiger partial charge in [0.25, 0.3) is 0 Å². The summed E-state index contributed by atoms with van der Waals surface area (Å²) in [6.07, 6.45) is 6.17. The number of carbonyl (C=O) groups excluding carboxylic acids is 2. The van der Waals surface area contributed by atoms with Crippen molar-refractivity contribution in [3.8, 4) is 0 Å². The number of fused-ring (bicyclic) bond motifs is 1. The fourth-order valence-electron chi connectivity index (χ4n) is 6.11. The van der Waals surface area contributed by atoms with Gasteiger partial charge in [0, 0.05) is 18.0 Å². The molecule has 0 radical (unpaired) electrons. The minimum Gasteiger partial charge on any atom is -0.480 e. The van der Waals surface area contributed by atoms with E-state index in [1.807, 2.05) is 59.5 Å². The third-order valence-corrected chi connectivity index (χ3v) is 9.23. The Bertz CT molecular complexity index is 1560. The molecule has 1 fully saturated rings. The van der Waals surface area contributed by atoms with Crippen molar-refractivity contribution in [1.82, 2.24) is 9.55 Å². The molecule has 4 aromatic rings. The van der Waals surface area contributed by atoms with E-state index in [1.165, 1.54) is 18.2 Å². The number of aliphatic carboxylic acids is 1. The topological polar surface area (TPSA) is 102 Å². The van der Waals surface area contributed by atoms with Crippen molar-refractivity contribution in [3.63, 3.8) is 0 Å². The van der Waals surface area contributed by atoms with Crippen LogP contribution in [0.3, 0.4) is 0 Å². The third-order valence-electron chi connectivity index (χ3n) is 8.17. The average molecular weight is 614 g/mol. The maximum atomic E-state index is 14.6. The van der Waals surface area contributed by atoms with Crippen molar-refractivity contribution in [3.05, 3.63) is 90.0 Å². The van der Waals surface area contributed by atoms with E-state index >= 15 is 0 Å². The first-order valence-corrected chi connectivity index (χ1v) is 16.4. The van der Waals surface area contributed by atoms with E-state index in [-0.39, 0.29) is 30.3 Å². The Balaban J connectivity index is 1.39. The van der Waals surface area contributed by atoms with Crippen LogP contribution in [-0.4, -0.2) is 51.4 Å². The van der Waals surface area contributed by atoms with Gasteiger partial charge in [0.2, 0.25) is 5.91 Å². The van der Waals surface area contributed by atoms with E-state index in [2.05, 4.69) is 17.1 Å². The number of esters is 1. The Morgan fingerprint density at radius 3 is 2.39 bits per heavy atom. The summed E-state index contributed by atoms with van der Waals surface area (Å²) in [5, 5.41) is 10.2. The van der Waals surface area contributed by atoms with Crippen LogP contribution in [0, 0.1) is 5.92 Å². The van der Waals surface area contributed by atoms with Gasteiger partial charge in [0.15, 0.2) is 5.16 Å². The lowest BCUT2D eigenvalue weighted by molar-refractivity contribution is -0.137. The molecule has 1 heterocycles. The number of amides is 1. The minimum atomic E-state index is -0.923. The van der Waals surface area contributed by atoms with Gasteiger partial charge in [-0.1, -0.05) is 73.5 Å². The predicted octanol–water partition coefficient (Wildman–Crippen LogP) is 7.18. The summed E-state index contributed by atoms with van der Waals surface area (Å²) in [7, 11) is 0. The summed E-state index contributed by atoms with van der Waals surface area (Å²) in [5.74, 6) is -0.587. The molecule has 1 saturated carbocycles. The largest absolute Gasteiger partial charge is 0.480 e. The quantitative estimate of drug-likeness (QED) is 0.0968. The Morgan fingerprint density at radius 2 is 1.68 bits per heavy atom. The second-order valence-corrected chi connectivity index (χ2v) is 12.2. The van der Waals surface area contributed by atoms with Crippen LogP contribution < -0.4 is 4.90 Å². The Morgan fingerprint density at radius 1 is 0.977 bits per heavy atom. The molecule has 0 aliphatic heterocycles. The number of carboxylic acids is 1. The monoisotopic (exact) mass is 613 g/mol. The van der Waals surface area contributed by atoms with Gasteiger partial charge in [-0.15, -0.1) is 0 Å². The highest BCUT2D eigenvalue weighted by atomic mass is 32.2. The van der Waals surface area contributed by atoms with Gasteiger partial charge in [0.1, 0.15) is 6.54 Å². The molecule has 0 saturated heterocycles. The number of carbonyl (C=O) groups is 3. The molecule has 1 aliphatic carbocycles. The lowest BCUT2D eigenvalue weighted by Crippen LogP contribution is -2.39. The van der Waals surface area contributed by atoms with Crippen LogP contribution >= 0.6 is 11.8 Å². The zero-order valence-electron chi connectivity index (χ0n) is 25.1. The maximum Gasteiger partial charge on any atom is 0.338 e. The zero-order valence-corrected chi connectivity index (χ0v) is 25.9. The fourth-order valence-corrected chi connectivity index (χ4v) is 7.05. The molecule has 1 atom stereocenters. The number of hydrogen-bond acceptors (Lipinski definition) is 6. The van der Waals surface area contributed by atoms with Crippen molar-refractivity contribution in [2.45, 2.75) is 63.1 Å². The Labute approximate surface area is 262 Å². The first-order chi connectivity index (χ1) is 21.5. The predicted molar refractivity (Wildman–Crippen MR) is 173 cm³/mol. The van der Waals surface area contributed by atoms with Gasteiger partial charge in [-0.2, -0.15) is 0 Å². The zero-order chi connectivity index (χ0) is 30.9. The van der Waals surface area contributed by atoms with Crippen LogP contribution in [0.15, 0.2) is 84.0 Å². The average Bonchev–Trinajstić information content (AvgIpc) is 3.38. The molecule has 44 heavy (non-hydrogen) atoms. The first-order valence-electron chi connectivity index (χ1n) is 15.4. The van der Waals surface area contributed by atoms with E-state index < -0.39 is 5.97 Å². The highest BCUT2D eigenvalue weighted by molar-refractivity contribution is 7.99. The van der Waals surface area contributed by atoms with Crippen molar-refractivity contribution in [2.24, 2.45) is 5.92 Å². The van der Waals surface area contributed by atoms with E-state index in [1.54, 1.807) is 23.6 Å². The second-order valence-electron chi connectivity index (χ2n) is 11.1. The molecule has 0 spiro atoms.